The molecular formula is C17H17ClN2O2. The summed E-state index contributed by atoms with van der Waals surface area (Å²) in [6.45, 7) is 0.368. The van der Waals surface area contributed by atoms with Crippen molar-refractivity contribution < 1.29 is 4.79 Å². The van der Waals surface area contributed by atoms with Gasteiger partial charge in [-0.15, -0.1) is 0 Å². The van der Waals surface area contributed by atoms with Gasteiger partial charge in [0.15, 0.2) is 0 Å². The molecule has 1 aliphatic carbocycles. The number of amides is 1. The molecule has 0 atom stereocenters. The number of aryl methyl sites for hydroxylation is 2. The summed E-state index contributed by atoms with van der Waals surface area (Å²) in [5, 5.41) is 3.43. The van der Waals surface area contributed by atoms with Gasteiger partial charge in [-0.2, -0.15) is 0 Å². The predicted octanol–water partition coefficient (Wildman–Crippen LogP) is 2.84. The molecule has 1 aliphatic rings. The first kappa shape index (κ1) is 14.9. The quantitative estimate of drug-likeness (QED) is 0.914. The van der Waals surface area contributed by atoms with Gasteiger partial charge >= 0.3 is 0 Å². The van der Waals surface area contributed by atoms with E-state index >= 15 is 0 Å². The summed E-state index contributed by atoms with van der Waals surface area (Å²) in [7, 11) is 0. The minimum absolute atomic E-state index is 0.189. The fourth-order valence-electron chi connectivity index (χ4n) is 2.72. The van der Waals surface area contributed by atoms with Crippen molar-refractivity contribution in [2.45, 2.75) is 32.2 Å². The van der Waals surface area contributed by atoms with Crippen molar-refractivity contribution in [1.29, 1.82) is 0 Å². The third-order valence-electron chi connectivity index (χ3n) is 3.95. The molecule has 0 unspecified atom stereocenters. The molecule has 3 rings (SSSR count). The van der Waals surface area contributed by atoms with Crippen LogP contribution < -0.4 is 10.9 Å². The number of pyridine rings is 1. The molecule has 1 amide bonds. The lowest BCUT2D eigenvalue weighted by molar-refractivity contribution is 0.0949. The lowest BCUT2D eigenvalue weighted by Gasteiger charge is -2.16. The van der Waals surface area contributed by atoms with Crippen molar-refractivity contribution in [3.63, 3.8) is 0 Å². The second-order valence-corrected chi connectivity index (χ2v) is 5.97. The number of hydrogen-bond donors (Lipinski definition) is 2. The van der Waals surface area contributed by atoms with E-state index in [2.05, 4.69) is 10.3 Å². The van der Waals surface area contributed by atoms with Gasteiger partial charge in [0, 0.05) is 17.3 Å². The van der Waals surface area contributed by atoms with Gasteiger partial charge in [0.1, 0.15) is 5.56 Å². The van der Waals surface area contributed by atoms with Crippen molar-refractivity contribution in [1.82, 2.24) is 10.3 Å². The Hall–Kier alpha value is -2.07. The fraction of sp³-hybridized carbons (Fsp3) is 0.294. The Kier molecular flexibility index (Phi) is 4.29. The van der Waals surface area contributed by atoms with E-state index in [1.807, 2.05) is 12.1 Å². The van der Waals surface area contributed by atoms with E-state index < -0.39 is 0 Å². The van der Waals surface area contributed by atoms with Gasteiger partial charge in [0.25, 0.3) is 11.5 Å². The smallest absolute Gasteiger partial charge is 0.261 e. The first-order valence-corrected chi connectivity index (χ1v) is 7.79. The molecule has 0 saturated carbocycles. The molecule has 0 radical (unpaired) electrons. The molecule has 0 aliphatic heterocycles. The van der Waals surface area contributed by atoms with Crippen LogP contribution in [0.1, 0.15) is 40.0 Å². The van der Waals surface area contributed by atoms with Crippen molar-refractivity contribution in [3.8, 4) is 0 Å². The van der Waals surface area contributed by atoms with Gasteiger partial charge in [0.05, 0.1) is 0 Å². The Labute approximate surface area is 133 Å². The highest BCUT2D eigenvalue weighted by Gasteiger charge is 2.16. The largest absolute Gasteiger partial charge is 0.348 e. The highest BCUT2D eigenvalue weighted by molar-refractivity contribution is 6.30. The van der Waals surface area contributed by atoms with E-state index in [-0.39, 0.29) is 17.0 Å². The van der Waals surface area contributed by atoms with Crippen LogP contribution in [0.25, 0.3) is 0 Å². The maximum atomic E-state index is 12.2. The molecule has 114 valence electrons. The Morgan fingerprint density at radius 1 is 1.18 bits per heavy atom. The molecule has 0 fully saturated rings. The molecule has 0 saturated heterocycles. The fourth-order valence-corrected chi connectivity index (χ4v) is 2.85. The highest BCUT2D eigenvalue weighted by Crippen LogP contribution is 2.18. The van der Waals surface area contributed by atoms with Crippen LogP contribution in [0.3, 0.4) is 0 Å². The number of rotatable bonds is 3. The molecule has 1 aromatic carbocycles. The summed E-state index contributed by atoms with van der Waals surface area (Å²) in [6.07, 6.45) is 4.00. The standard InChI is InChI=1S/C17H17ClN2O2/c18-13-7-5-11(6-8-13)10-19-16(21)14-9-12-3-1-2-4-15(12)20-17(14)22/h5-9H,1-4,10H2,(H,19,21)(H,20,22). The second-order valence-electron chi connectivity index (χ2n) is 5.53. The Balaban J connectivity index is 1.74. The molecular weight excluding hydrogens is 300 g/mol. The van der Waals surface area contributed by atoms with Gasteiger partial charge in [-0.25, -0.2) is 0 Å². The number of fused-ring (bicyclic) bond motifs is 1. The summed E-state index contributed by atoms with van der Waals surface area (Å²) in [5.74, 6) is -0.343. The van der Waals surface area contributed by atoms with Gasteiger partial charge in [-0.05, 0) is 55.0 Å². The number of carbonyl (C=O) groups excluding carboxylic acids is 1. The third kappa shape index (κ3) is 3.22. The zero-order chi connectivity index (χ0) is 15.5. The topological polar surface area (TPSA) is 62.0 Å². The van der Waals surface area contributed by atoms with E-state index in [0.717, 1.165) is 42.5 Å². The molecule has 4 nitrogen and oxygen atoms in total. The van der Waals surface area contributed by atoms with Crippen LogP contribution in [0.2, 0.25) is 5.02 Å². The van der Waals surface area contributed by atoms with Crippen molar-refractivity contribution >= 4 is 17.5 Å². The Bertz CT molecular complexity index is 750. The molecule has 1 heterocycles. The van der Waals surface area contributed by atoms with Gasteiger partial charge in [0.2, 0.25) is 0 Å². The van der Waals surface area contributed by atoms with Gasteiger partial charge in [-0.3, -0.25) is 9.59 Å². The number of benzene rings is 1. The maximum absolute atomic E-state index is 12.2. The first-order valence-electron chi connectivity index (χ1n) is 7.41. The van der Waals surface area contributed by atoms with Crippen molar-refractivity contribution in [2.75, 3.05) is 0 Å². The Morgan fingerprint density at radius 2 is 1.91 bits per heavy atom. The summed E-state index contributed by atoms with van der Waals surface area (Å²) in [6, 6.07) is 8.98. The molecule has 1 aromatic heterocycles. The van der Waals surface area contributed by atoms with Crippen molar-refractivity contribution in [2.24, 2.45) is 0 Å². The third-order valence-corrected chi connectivity index (χ3v) is 4.20. The monoisotopic (exact) mass is 316 g/mol. The van der Waals surface area contributed by atoms with E-state index in [9.17, 15) is 9.59 Å². The van der Waals surface area contributed by atoms with Gasteiger partial charge in [-0.1, -0.05) is 23.7 Å². The second kappa shape index (κ2) is 6.36. The van der Waals surface area contributed by atoms with Crippen LogP contribution in [-0.4, -0.2) is 10.9 Å². The van der Waals surface area contributed by atoms with Gasteiger partial charge < -0.3 is 10.3 Å². The predicted molar refractivity (Wildman–Crippen MR) is 86.3 cm³/mol. The minimum Gasteiger partial charge on any atom is -0.348 e. The Morgan fingerprint density at radius 3 is 2.68 bits per heavy atom. The maximum Gasteiger partial charge on any atom is 0.261 e. The number of H-pyrrole nitrogens is 1. The number of hydrogen-bond acceptors (Lipinski definition) is 2. The summed E-state index contributed by atoms with van der Waals surface area (Å²) in [4.78, 5) is 27.1. The van der Waals surface area contributed by atoms with Crippen LogP contribution in [-0.2, 0) is 19.4 Å². The SMILES string of the molecule is O=C(NCc1ccc(Cl)cc1)c1cc2c([nH]c1=O)CCCC2. The molecule has 2 aromatic rings. The zero-order valence-electron chi connectivity index (χ0n) is 12.1. The molecule has 22 heavy (non-hydrogen) atoms. The summed E-state index contributed by atoms with van der Waals surface area (Å²) >= 11 is 5.83. The van der Waals surface area contributed by atoms with Crippen LogP contribution in [0, 0.1) is 0 Å². The minimum atomic E-state index is -0.343. The number of nitrogens with one attached hydrogen (secondary N) is 2. The van der Waals surface area contributed by atoms with Crippen LogP contribution in [0.4, 0.5) is 0 Å². The average molecular weight is 317 g/mol. The first-order chi connectivity index (χ1) is 10.6. The average Bonchev–Trinajstić information content (AvgIpc) is 2.53. The molecule has 0 bridgehead atoms. The van der Waals surface area contributed by atoms with E-state index in [0.29, 0.717) is 11.6 Å². The summed E-state index contributed by atoms with van der Waals surface area (Å²) < 4.78 is 0. The lowest BCUT2D eigenvalue weighted by Crippen LogP contribution is -2.30. The number of aromatic amines is 1. The number of aromatic nitrogens is 1. The molecule has 5 heteroatoms. The number of halogens is 1. The van der Waals surface area contributed by atoms with E-state index in [4.69, 9.17) is 11.6 Å². The number of carbonyl (C=O) groups is 1. The van der Waals surface area contributed by atoms with E-state index in [1.165, 1.54) is 0 Å². The molecule has 0 spiro atoms. The van der Waals surface area contributed by atoms with Crippen LogP contribution in [0.15, 0.2) is 35.1 Å². The lowest BCUT2D eigenvalue weighted by atomic mass is 9.95. The molecule has 2 N–H and O–H groups in total. The zero-order valence-corrected chi connectivity index (χ0v) is 12.9. The normalized spacial score (nSPS) is 13.5. The van der Waals surface area contributed by atoms with E-state index in [1.54, 1.807) is 18.2 Å². The van der Waals surface area contributed by atoms with Crippen molar-refractivity contribution in [3.05, 3.63) is 68.1 Å². The summed E-state index contributed by atoms with van der Waals surface area (Å²) in [5.41, 5.74) is 2.88. The highest BCUT2D eigenvalue weighted by atomic mass is 35.5. The van der Waals surface area contributed by atoms with Crippen LogP contribution in [0.5, 0.6) is 0 Å². The van der Waals surface area contributed by atoms with Crippen LogP contribution >= 0.6 is 11.6 Å².